The number of thiazole rings is 1. The molecule has 2 N–H and O–H groups in total. The highest BCUT2D eigenvalue weighted by Gasteiger charge is 2.24. The quantitative estimate of drug-likeness (QED) is 0.846. The van der Waals surface area contributed by atoms with E-state index in [9.17, 15) is 4.79 Å². The highest BCUT2D eigenvalue weighted by atomic mass is 32.1. The van der Waals surface area contributed by atoms with E-state index in [1.165, 1.54) is 22.5 Å². The van der Waals surface area contributed by atoms with Crippen LogP contribution in [-0.2, 0) is 13.0 Å². The third-order valence-corrected chi connectivity index (χ3v) is 4.92. The molecule has 0 bridgehead atoms. The molecule has 0 spiro atoms. The van der Waals surface area contributed by atoms with Crippen LogP contribution in [0.3, 0.4) is 0 Å². The van der Waals surface area contributed by atoms with E-state index >= 15 is 0 Å². The van der Waals surface area contributed by atoms with Gasteiger partial charge in [0.1, 0.15) is 10.7 Å². The van der Waals surface area contributed by atoms with Crippen molar-refractivity contribution in [2.45, 2.75) is 46.2 Å². The molecule has 1 heterocycles. The number of amides is 1. The summed E-state index contributed by atoms with van der Waals surface area (Å²) in [6, 6.07) is 8.71. The second kappa shape index (κ2) is 8.22. The van der Waals surface area contributed by atoms with E-state index in [1.54, 1.807) is 0 Å². The molecule has 0 saturated heterocycles. The standard InChI is InChI=1S/C18H25N3OS/c1-4-15(10-14-8-6-13(3)7-9-14)21(5-2)18(22)16-12-23-17(11-19)20-16/h6-9,12,15H,4-5,10-11,19H2,1-3H3. The number of hydrogen-bond acceptors (Lipinski definition) is 4. The first kappa shape index (κ1) is 17.6. The summed E-state index contributed by atoms with van der Waals surface area (Å²) in [4.78, 5) is 19.0. The molecule has 0 fully saturated rings. The zero-order valence-electron chi connectivity index (χ0n) is 14.1. The van der Waals surface area contributed by atoms with Gasteiger partial charge >= 0.3 is 0 Å². The number of carbonyl (C=O) groups is 1. The molecule has 23 heavy (non-hydrogen) atoms. The van der Waals surface area contributed by atoms with Crippen molar-refractivity contribution >= 4 is 17.2 Å². The maximum atomic E-state index is 12.8. The zero-order chi connectivity index (χ0) is 16.8. The van der Waals surface area contributed by atoms with E-state index < -0.39 is 0 Å². The van der Waals surface area contributed by atoms with Gasteiger partial charge in [-0.05, 0) is 32.3 Å². The van der Waals surface area contributed by atoms with Crippen LogP contribution in [0.1, 0.15) is 46.9 Å². The Labute approximate surface area is 142 Å². The van der Waals surface area contributed by atoms with Crippen molar-refractivity contribution in [3.63, 3.8) is 0 Å². The Kier molecular flexibility index (Phi) is 6.30. The Morgan fingerprint density at radius 1 is 1.30 bits per heavy atom. The van der Waals surface area contributed by atoms with Crippen LogP contribution in [-0.4, -0.2) is 28.4 Å². The Morgan fingerprint density at radius 2 is 2.00 bits per heavy atom. The van der Waals surface area contributed by atoms with Crippen LogP contribution >= 0.6 is 11.3 Å². The van der Waals surface area contributed by atoms with E-state index in [2.05, 4.69) is 43.1 Å². The lowest BCUT2D eigenvalue weighted by Crippen LogP contribution is -2.41. The number of rotatable bonds is 7. The third-order valence-electron chi connectivity index (χ3n) is 4.05. The van der Waals surface area contributed by atoms with Gasteiger partial charge in [0, 0.05) is 24.5 Å². The van der Waals surface area contributed by atoms with Gasteiger partial charge in [0.05, 0.1) is 0 Å². The van der Waals surface area contributed by atoms with Crippen LogP contribution in [0, 0.1) is 6.92 Å². The third kappa shape index (κ3) is 4.39. The number of carbonyl (C=O) groups excluding carboxylic acids is 1. The van der Waals surface area contributed by atoms with E-state index in [4.69, 9.17) is 5.73 Å². The molecule has 0 aliphatic carbocycles. The molecule has 0 saturated carbocycles. The molecule has 0 radical (unpaired) electrons. The largest absolute Gasteiger partial charge is 0.334 e. The molecule has 2 rings (SSSR count). The fourth-order valence-corrected chi connectivity index (χ4v) is 3.34. The van der Waals surface area contributed by atoms with Crippen LogP contribution < -0.4 is 5.73 Å². The molecular formula is C18H25N3OS. The molecule has 0 aliphatic rings. The van der Waals surface area contributed by atoms with Crippen molar-refractivity contribution in [2.24, 2.45) is 5.73 Å². The highest BCUT2D eigenvalue weighted by molar-refractivity contribution is 7.09. The molecule has 1 atom stereocenters. The maximum absolute atomic E-state index is 12.8. The van der Waals surface area contributed by atoms with Gasteiger partial charge in [0.25, 0.3) is 5.91 Å². The zero-order valence-corrected chi connectivity index (χ0v) is 14.9. The average molecular weight is 331 g/mol. The van der Waals surface area contributed by atoms with Gasteiger partial charge in [0.2, 0.25) is 0 Å². The fourth-order valence-electron chi connectivity index (χ4n) is 2.69. The maximum Gasteiger partial charge on any atom is 0.273 e. The second-order valence-electron chi connectivity index (χ2n) is 5.67. The minimum absolute atomic E-state index is 0.00223. The first-order valence-corrected chi connectivity index (χ1v) is 8.97. The number of aryl methyl sites for hydroxylation is 1. The van der Waals surface area contributed by atoms with Crippen LogP contribution in [0.5, 0.6) is 0 Å². The lowest BCUT2D eigenvalue weighted by atomic mass is 10.0. The highest BCUT2D eigenvalue weighted by Crippen LogP contribution is 2.17. The summed E-state index contributed by atoms with van der Waals surface area (Å²) >= 11 is 1.45. The van der Waals surface area contributed by atoms with E-state index in [-0.39, 0.29) is 11.9 Å². The van der Waals surface area contributed by atoms with Crippen molar-refractivity contribution in [1.82, 2.24) is 9.88 Å². The molecule has 5 heteroatoms. The van der Waals surface area contributed by atoms with Gasteiger partial charge in [-0.3, -0.25) is 4.79 Å². The topological polar surface area (TPSA) is 59.2 Å². The van der Waals surface area contributed by atoms with Crippen LogP contribution in [0.25, 0.3) is 0 Å². The number of likely N-dealkylation sites (N-methyl/N-ethyl adjacent to an activating group) is 1. The molecule has 4 nitrogen and oxygen atoms in total. The number of hydrogen-bond donors (Lipinski definition) is 1. The minimum Gasteiger partial charge on any atom is -0.334 e. The van der Waals surface area contributed by atoms with Gasteiger partial charge in [-0.25, -0.2) is 4.98 Å². The number of aromatic nitrogens is 1. The Morgan fingerprint density at radius 3 is 2.52 bits per heavy atom. The molecule has 124 valence electrons. The summed E-state index contributed by atoms with van der Waals surface area (Å²) in [7, 11) is 0. The lowest BCUT2D eigenvalue weighted by Gasteiger charge is -2.30. The average Bonchev–Trinajstić information content (AvgIpc) is 3.05. The predicted octanol–water partition coefficient (Wildman–Crippen LogP) is 3.39. The predicted molar refractivity (Wildman–Crippen MR) is 95.7 cm³/mol. The normalized spacial score (nSPS) is 12.2. The second-order valence-corrected chi connectivity index (χ2v) is 6.62. The van der Waals surface area contributed by atoms with Gasteiger partial charge in [-0.2, -0.15) is 0 Å². The number of nitrogens with two attached hydrogens (primary N) is 1. The Bertz CT molecular complexity index is 636. The molecular weight excluding hydrogens is 306 g/mol. The van der Waals surface area contributed by atoms with E-state index in [1.807, 2.05) is 17.2 Å². The summed E-state index contributed by atoms with van der Waals surface area (Å²) in [5.74, 6) is 0.00223. The summed E-state index contributed by atoms with van der Waals surface area (Å²) in [6.07, 6.45) is 1.78. The molecule has 0 aliphatic heterocycles. The number of nitrogens with zero attached hydrogens (tertiary/aromatic N) is 2. The van der Waals surface area contributed by atoms with Crippen LogP contribution in [0.4, 0.5) is 0 Å². The van der Waals surface area contributed by atoms with Crippen molar-refractivity contribution in [2.75, 3.05) is 6.54 Å². The van der Waals surface area contributed by atoms with Gasteiger partial charge in [0.15, 0.2) is 0 Å². The number of benzene rings is 1. The van der Waals surface area contributed by atoms with E-state index in [0.717, 1.165) is 17.8 Å². The summed E-state index contributed by atoms with van der Waals surface area (Å²) in [5.41, 5.74) is 8.62. The Hall–Kier alpha value is -1.72. The minimum atomic E-state index is 0.00223. The van der Waals surface area contributed by atoms with Crippen molar-refractivity contribution in [3.8, 4) is 0 Å². The summed E-state index contributed by atoms with van der Waals surface area (Å²) in [5, 5.41) is 2.61. The molecule has 1 aromatic heterocycles. The summed E-state index contributed by atoms with van der Waals surface area (Å²) in [6.45, 7) is 7.29. The van der Waals surface area contributed by atoms with E-state index in [0.29, 0.717) is 18.8 Å². The smallest absolute Gasteiger partial charge is 0.273 e. The first-order valence-electron chi connectivity index (χ1n) is 8.10. The monoisotopic (exact) mass is 331 g/mol. The van der Waals surface area contributed by atoms with Crippen molar-refractivity contribution < 1.29 is 4.79 Å². The fraction of sp³-hybridized carbons (Fsp3) is 0.444. The summed E-state index contributed by atoms with van der Waals surface area (Å²) < 4.78 is 0. The molecule has 2 aromatic rings. The molecule has 1 unspecified atom stereocenters. The van der Waals surface area contributed by atoms with Crippen molar-refractivity contribution in [3.05, 3.63) is 51.5 Å². The van der Waals surface area contributed by atoms with Crippen LogP contribution in [0.2, 0.25) is 0 Å². The van der Waals surface area contributed by atoms with Crippen molar-refractivity contribution in [1.29, 1.82) is 0 Å². The first-order chi connectivity index (χ1) is 11.1. The van der Waals surface area contributed by atoms with Gasteiger partial charge < -0.3 is 10.6 Å². The molecule has 1 amide bonds. The van der Waals surface area contributed by atoms with Gasteiger partial charge in [-0.15, -0.1) is 11.3 Å². The molecule has 1 aromatic carbocycles. The van der Waals surface area contributed by atoms with Crippen LogP contribution in [0.15, 0.2) is 29.6 Å². The Balaban J connectivity index is 2.15. The SMILES string of the molecule is CCC(Cc1ccc(C)cc1)N(CC)C(=O)c1csc(CN)n1. The van der Waals surface area contributed by atoms with Gasteiger partial charge in [-0.1, -0.05) is 36.8 Å². The lowest BCUT2D eigenvalue weighted by molar-refractivity contribution is 0.0678.